The molecule has 0 aliphatic rings. The largest absolute Gasteiger partial charge is 0.505 e. The molecule has 0 bridgehead atoms. The van der Waals surface area contributed by atoms with Crippen LogP contribution in [0.4, 0.5) is 11.4 Å². The molecule has 1 N–H and O–H groups in total. The summed E-state index contributed by atoms with van der Waals surface area (Å²) in [6.45, 7) is 2.04. The van der Waals surface area contributed by atoms with E-state index in [0.717, 1.165) is 16.5 Å². The highest BCUT2D eigenvalue weighted by Crippen LogP contribution is 2.37. The SMILES string of the molecule is CCc1cc(Br)c(O)c(N=Nc2ccc(Br)c(Cl)c2)c1. The Balaban J connectivity index is 2.35. The standard InChI is InChI=1S/C14H11Br2ClN2O/c1-2-8-5-11(16)14(20)13(6-8)19-18-9-3-4-10(15)12(17)7-9/h3-7,20H,2H2,1H3. The van der Waals surface area contributed by atoms with Crippen LogP contribution in [0.5, 0.6) is 5.75 Å². The molecule has 0 heterocycles. The number of benzene rings is 2. The first-order chi connectivity index (χ1) is 9.51. The lowest BCUT2D eigenvalue weighted by Gasteiger charge is -2.04. The minimum atomic E-state index is 0.0779. The molecule has 0 aliphatic heterocycles. The molecular weight excluding hydrogens is 407 g/mol. The van der Waals surface area contributed by atoms with Crippen LogP contribution in [0.2, 0.25) is 5.02 Å². The van der Waals surface area contributed by atoms with Crippen LogP contribution in [-0.4, -0.2) is 5.11 Å². The average Bonchev–Trinajstić information content (AvgIpc) is 2.44. The average molecular weight is 419 g/mol. The van der Waals surface area contributed by atoms with Crippen LogP contribution in [0.1, 0.15) is 12.5 Å². The fourth-order valence-electron chi connectivity index (χ4n) is 1.58. The van der Waals surface area contributed by atoms with Crippen molar-refractivity contribution in [2.75, 3.05) is 0 Å². The summed E-state index contributed by atoms with van der Waals surface area (Å²) < 4.78 is 1.41. The van der Waals surface area contributed by atoms with Crippen LogP contribution >= 0.6 is 43.5 Å². The molecule has 0 radical (unpaired) electrons. The normalized spacial score (nSPS) is 11.2. The zero-order chi connectivity index (χ0) is 14.7. The zero-order valence-electron chi connectivity index (χ0n) is 10.6. The van der Waals surface area contributed by atoms with Crippen LogP contribution in [-0.2, 0) is 6.42 Å². The van der Waals surface area contributed by atoms with Gasteiger partial charge in [0.2, 0.25) is 0 Å². The zero-order valence-corrected chi connectivity index (χ0v) is 14.5. The predicted octanol–water partition coefficient (Wildman–Crippen LogP) is 6.55. The van der Waals surface area contributed by atoms with Crippen molar-refractivity contribution in [2.45, 2.75) is 13.3 Å². The molecule has 0 saturated carbocycles. The summed E-state index contributed by atoms with van der Waals surface area (Å²) in [5, 5.41) is 18.7. The lowest BCUT2D eigenvalue weighted by atomic mass is 10.1. The van der Waals surface area contributed by atoms with Gasteiger partial charge in [-0.15, -0.1) is 5.11 Å². The van der Waals surface area contributed by atoms with Crippen LogP contribution in [0.25, 0.3) is 0 Å². The highest BCUT2D eigenvalue weighted by molar-refractivity contribution is 9.10. The molecule has 0 unspecified atom stereocenters. The number of hydrogen-bond acceptors (Lipinski definition) is 3. The van der Waals surface area contributed by atoms with E-state index in [1.54, 1.807) is 18.2 Å². The second-order valence-electron chi connectivity index (χ2n) is 4.10. The number of rotatable bonds is 3. The van der Waals surface area contributed by atoms with Crippen molar-refractivity contribution in [1.82, 2.24) is 0 Å². The number of aromatic hydroxyl groups is 1. The monoisotopic (exact) mass is 416 g/mol. The Morgan fingerprint density at radius 1 is 1.10 bits per heavy atom. The van der Waals surface area contributed by atoms with Gasteiger partial charge in [-0.3, -0.25) is 0 Å². The lowest BCUT2D eigenvalue weighted by molar-refractivity contribution is 0.473. The number of azo groups is 1. The Kier molecular flexibility index (Phi) is 5.18. The Hall–Kier alpha value is -0.910. The van der Waals surface area contributed by atoms with Crippen LogP contribution in [0, 0.1) is 0 Å². The molecule has 0 amide bonds. The molecule has 6 heteroatoms. The summed E-state index contributed by atoms with van der Waals surface area (Å²) in [5.41, 5.74) is 2.11. The summed E-state index contributed by atoms with van der Waals surface area (Å²) in [6, 6.07) is 8.96. The molecule has 2 rings (SSSR count). The maximum absolute atomic E-state index is 9.96. The molecule has 0 atom stereocenters. The molecule has 0 aromatic heterocycles. The van der Waals surface area contributed by atoms with Crippen molar-refractivity contribution in [3.63, 3.8) is 0 Å². The molecule has 20 heavy (non-hydrogen) atoms. The van der Waals surface area contributed by atoms with Crippen molar-refractivity contribution in [3.05, 3.63) is 49.9 Å². The Morgan fingerprint density at radius 2 is 1.85 bits per heavy atom. The fraction of sp³-hybridized carbons (Fsp3) is 0.143. The van der Waals surface area contributed by atoms with Gasteiger partial charge in [0, 0.05) is 4.47 Å². The van der Waals surface area contributed by atoms with Gasteiger partial charge in [0.05, 0.1) is 15.2 Å². The third-order valence-corrected chi connectivity index (χ3v) is 4.52. The van der Waals surface area contributed by atoms with Crippen LogP contribution < -0.4 is 0 Å². The first kappa shape index (κ1) is 15.5. The quantitative estimate of drug-likeness (QED) is 0.565. The van der Waals surface area contributed by atoms with Crippen LogP contribution in [0.3, 0.4) is 0 Å². The maximum atomic E-state index is 9.96. The van der Waals surface area contributed by atoms with E-state index in [-0.39, 0.29) is 5.75 Å². The molecule has 0 aliphatic carbocycles. The third kappa shape index (κ3) is 3.59. The highest BCUT2D eigenvalue weighted by atomic mass is 79.9. The summed E-state index contributed by atoms with van der Waals surface area (Å²) in [4.78, 5) is 0. The number of hydrogen-bond donors (Lipinski definition) is 1. The minimum absolute atomic E-state index is 0.0779. The molecule has 3 nitrogen and oxygen atoms in total. The van der Waals surface area contributed by atoms with E-state index in [9.17, 15) is 5.11 Å². The third-order valence-electron chi connectivity index (χ3n) is 2.69. The topological polar surface area (TPSA) is 45.0 Å². The fourth-order valence-corrected chi connectivity index (χ4v) is 2.50. The second-order valence-corrected chi connectivity index (χ2v) is 6.21. The summed E-state index contributed by atoms with van der Waals surface area (Å²) in [6.07, 6.45) is 0.853. The Bertz CT molecular complexity index is 674. The van der Waals surface area contributed by atoms with Gasteiger partial charge in [-0.1, -0.05) is 18.5 Å². The van der Waals surface area contributed by atoms with Crippen LogP contribution in [0.15, 0.2) is 49.5 Å². The van der Waals surface area contributed by atoms with Gasteiger partial charge < -0.3 is 5.11 Å². The molecule has 0 fully saturated rings. The van der Waals surface area contributed by atoms with E-state index >= 15 is 0 Å². The smallest absolute Gasteiger partial charge is 0.157 e. The number of aryl methyl sites for hydroxylation is 1. The van der Waals surface area contributed by atoms with E-state index in [0.29, 0.717) is 20.9 Å². The molecular formula is C14H11Br2ClN2O. The van der Waals surface area contributed by atoms with Gasteiger partial charge in [-0.2, -0.15) is 5.11 Å². The van der Waals surface area contributed by atoms with Gasteiger partial charge in [-0.25, -0.2) is 0 Å². The number of phenols is 1. The van der Waals surface area contributed by atoms with Crippen molar-refractivity contribution >= 4 is 54.8 Å². The summed E-state index contributed by atoms with van der Waals surface area (Å²) in [5.74, 6) is 0.0779. The Labute approximate surface area is 138 Å². The van der Waals surface area contributed by atoms with Crippen molar-refractivity contribution in [3.8, 4) is 5.75 Å². The van der Waals surface area contributed by atoms with Gasteiger partial charge in [-0.05, 0) is 74.2 Å². The lowest BCUT2D eigenvalue weighted by Crippen LogP contribution is -1.81. The molecule has 0 spiro atoms. The summed E-state index contributed by atoms with van der Waals surface area (Å²) in [7, 11) is 0. The van der Waals surface area contributed by atoms with Crippen molar-refractivity contribution in [1.29, 1.82) is 0 Å². The van der Waals surface area contributed by atoms with E-state index in [1.807, 2.05) is 19.1 Å². The van der Waals surface area contributed by atoms with E-state index < -0.39 is 0 Å². The van der Waals surface area contributed by atoms with Gasteiger partial charge in [0.1, 0.15) is 5.69 Å². The van der Waals surface area contributed by atoms with E-state index in [1.165, 1.54) is 0 Å². The van der Waals surface area contributed by atoms with E-state index in [2.05, 4.69) is 42.1 Å². The van der Waals surface area contributed by atoms with Gasteiger partial charge in [0.15, 0.2) is 5.75 Å². The number of halogens is 3. The molecule has 2 aromatic carbocycles. The molecule has 2 aromatic rings. The van der Waals surface area contributed by atoms with E-state index in [4.69, 9.17) is 11.6 Å². The van der Waals surface area contributed by atoms with Crippen molar-refractivity contribution < 1.29 is 5.11 Å². The predicted molar refractivity (Wildman–Crippen MR) is 88.5 cm³/mol. The maximum Gasteiger partial charge on any atom is 0.157 e. The first-order valence-corrected chi connectivity index (χ1v) is 7.86. The van der Waals surface area contributed by atoms with Gasteiger partial charge in [0.25, 0.3) is 0 Å². The van der Waals surface area contributed by atoms with Crippen molar-refractivity contribution in [2.24, 2.45) is 10.2 Å². The summed E-state index contributed by atoms with van der Waals surface area (Å²) >= 11 is 12.6. The first-order valence-electron chi connectivity index (χ1n) is 5.89. The second kappa shape index (κ2) is 6.70. The highest BCUT2D eigenvalue weighted by Gasteiger charge is 2.07. The number of nitrogens with zero attached hydrogens (tertiary/aromatic N) is 2. The van der Waals surface area contributed by atoms with Gasteiger partial charge >= 0.3 is 0 Å². The number of phenolic OH excluding ortho intramolecular Hbond substituents is 1. The molecule has 104 valence electrons. The Morgan fingerprint density at radius 3 is 2.50 bits per heavy atom. The minimum Gasteiger partial charge on any atom is -0.505 e. The molecule has 0 saturated heterocycles.